The molecule has 0 unspecified atom stereocenters. The molecule has 2 rings (SSSR count). The van der Waals surface area contributed by atoms with Gasteiger partial charge in [0.2, 0.25) is 0 Å². The molecule has 21 heavy (non-hydrogen) atoms. The van der Waals surface area contributed by atoms with Crippen molar-refractivity contribution in [2.75, 3.05) is 17.6 Å². The molecule has 0 bridgehead atoms. The largest absolute Gasteiger partial charge is 0.383 e. The van der Waals surface area contributed by atoms with Gasteiger partial charge in [-0.05, 0) is 39.5 Å². The van der Waals surface area contributed by atoms with E-state index in [-0.39, 0.29) is 17.9 Å². The zero-order valence-corrected chi connectivity index (χ0v) is 13.6. The summed E-state index contributed by atoms with van der Waals surface area (Å²) in [5.74, 6) is 0.627. The second-order valence-corrected chi connectivity index (χ2v) is 9.42. The summed E-state index contributed by atoms with van der Waals surface area (Å²) in [5.41, 5.74) is 0.418. The summed E-state index contributed by atoms with van der Waals surface area (Å²) in [5, 5.41) is 7.22. The van der Waals surface area contributed by atoms with E-state index in [9.17, 15) is 13.2 Å². The van der Waals surface area contributed by atoms with Crippen molar-refractivity contribution in [1.29, 1.82) is 0 Å². The van der Waals surface area contributed by atoms with Crippen molar-refractivity contribution in [2.24, 2.45) is 5.92 Å². The molecule has 1 aromatic heterocycles. The number of hydrogen-bond donors (Lipinski definition) is 1. The molecule has 0 saturated heterocycles. The van der Waals surface area contributed by atoms with E-state index in [2.05, 4.69) is 10.4 Å². The highest BCUT2D eigenvalue weighted by Crippen LogP contribution is 2.28. The summed E-state index contributed by atoms with van der Waals surface area (Å²) >= 11 is 0. The van der Waals surface area contributed by atoms with Gasteiger partial charge < -0.3 is 5.32 Å². The molecule has 0 spiro atoms. The summed E-state index contributed by atoms with van der Waals surface area (Å²) in [6.07, 6.45) is 4.05. The summed E-state index contributed by atoms with van der Waals surface area (Å²) < 4.78 is 24.4. The van der Waals surface area contributed by atoms with Gasteiger partial charge in [-0.1, -0.05) is 0 Å². The average molecular weight is 313 g/mol. The normalized spacial score (nSPS) is 16.0. The van der Waals surface area contributed by atoms with E-state index in [4.69, 9.17) is 0 Å². The van der Waals surface area contributed by atoms with E-state index >= 15 is 0 Å². The molecule has 1 aliphatic rings. The monoisotopic (exact) mass is 313 g/mol. The molecule has 0 aromatic carbocycles. The summed E-state index contributed by atoms with van der Waals surface area (Å²) in [4.78, 5) is 11.9. The summed E-state index contributed by atoms with van der Waals surface area (Å²) in [6, 6.07) is 1.47. The van der Waals surface area contributed by atoms with Crippen molar-refractivity contribution < 1.29 is 8.42 Å². The van der Waals surface area contributed by atoms with Crippen LogP contribution < -0.4 is 10.9 Å². The van der Waals surface area contributed by atoms with Crippen LogP contribution in [-0.2, 0) is 16.4 Å². The fourth-order valence-electron chi connectivity index (χ4n) is 1.80. The molecule has 0 amide bonds. The molecule has 1 saturated carbocycles. The van der Waals surface area contributed by atoms with Crippen molar-refractivity contribution in [1.82, 2.24) is 9.78 Å². The topological polar surface area (TPSA) is 81.1 Å². The fourth-order valence-corrected chi connectivity index (χ4v) is 2.82. The van der Waals surface area contributed by atoms with Gasteiger partial charge in [0.25, 0.3) is 5.56 Å². The summed E-state index contributed by atoms with van der Waals surface area (Å²) in [7, 11) is -3.25. The van der Waals surface area contributed by atoms with E-state index in [1.54, 1.807) is 27.0 Å². The lowest BCUT2D eigenvalue weighted by Crippen LogP contribution is -2.34. The standard InChI is InChI=1S/C14H23N3O3S/c1-14(2,3)21(19,20)7-6-17-13(18)8-12(10-16-17)15-9-11-4-5-11/h8,10-11,15H,4-7,9H2,1-3H3. The molecule has 7 heteroatoms. The first kappa shape index (κ1) is 16.0. The van der Waals surface area contributed by atoms with Crippen LogP contribution in [0.15, 0.2) is 17.1 Å². The number of rotatable bonds is 6. The molecule has 1 aromatic rings. The smallest absolute Gasteiger partial charge is 0.268 e. The molecule has 0 aliphatic heterocycles. The first-order valence-electron chi connectivity index (χ1n) is 7.22. The average Bonchev–Trinajstić information content (AvgIpc) is 3.18. The van der Waals surface area contributed by atoms with Crippen molar-refractivity contribution in [2.45, 2.75) is 44.9 Å². The second kappa shape index (κ2) is 5.79. The number of hydrogen-bond acceptors (Lipinski definition) is 5. The maximum absolute atomic E-state index is 12.0. The first-order chi connectivity index (χ1) is 9.69. The number of nitrogens with zero attached hydrogens (tertiary/aromatic N) is 2. The Morgan fingerprint density at radius 2 is 2.05 bits per heavy atom. The molecule has 1 aliphatic carbocycles. The molecule has 1 fully saturated rings. The van der Waals surface area contributed by atoms with Crippen LogP contribution in [0.2, 0.25) is 0 Å². The van der Waals surface area contributed by atoms with Gasteiger partial charge in [0.15, 0.2) is 9.84 Å². The van der Waals surface area contributed by atoms with E-state index in [0.717, 1.165) is 6.54 Å². The number of anilines is 1. The van der Waals surface area contributed by atoms with Crippen molar-refractivity contribution in [3.05, 3.63) is 22.6 Å². The van der Waals surface area contributed by atoms with E-state index in [0.29, 0.717) is 11.6 Å². The Morgan fingerprint density at radius 1 is 1.38 bits per heavy atom. The van der Waals surface area contributed by atoms with E-state index in [1.807, 2.05) is 0 Å². The van der Waals surface area contributed by atoms with Gasteiger partial charge in [0, 0.05) is 12.6 Å². The molecular weight excluding hydrogens is 290 g/mol. The number of nitrogens with one attached hydrogen (secondary N) is 1. The first-order valence-corrected chi connectivity index (χ1v) is 8.87. The Labute approximate surface area is 125 Å². The Bertz CT molecular complexity index is 655. The van der Waals surface area contributed by atoms with Gasteiger partial charge >= 0.3 is 0 Å². The highest BCUT2D eigenvalue weighted by Gasteiger charge is 2.28. The Hall–Kier alpha value is -1.37. The van der Waals surface area contributed by atoms with Gasteiger partial charge in [0.1, 0.15) is 0 Å². The van der Waals surface area contributed by atoms with Crippen LogP contribution in [0.25, 0.3) is 0 Å². The predicted molar refractivity (Wildman–Crippen MR) is 83.3 cm³/mol. The van der Waals surface area contributed by atoms with Crippen LogP contribution in [0, 0.1) is 5.92 Å². The van der Waals surface area contributed by atoms with E-state index < -0.39 is 14.6 Å². The third kappa shape index (κ3) is 4.30. The summed E-state index contributed by atoms with van der Waals surface area (Å²) in [6.45, 7) is 5.92. The Balaban J connectivity index is 1.99. The third-order valence-electron chi connectivity index (χ3n) is 3.67. The van der Waals surface area contributed by atoms with Crippen LogP contribution in [0.1, 0.15) is 33.6 Å². The molecule has 1 N–H and O–H groups in total. The molecular formula is C14H23N3O3S. The number of aryl methyl sites for hydroxylation is 1. The molecule has 0 atom stereocenters. The van der Waals surface area contributed by atoms with Crippen molar-refractivity contribution in [3.8, 4) is 0 Å². The van der Waals surface area contributed by atoms with Crippen LogP contribution in [0.3, 0.4) is 0 Å². The minimum absolute atomic E-state index is 0.0847. The maximum Gasteiger partial charge on any atom is 0.268 e. The molecule has 1 heterocycles. The quantitative estimate of drug-likeness (QED) is 0.855. The van der Waals surface area contributed by atoms with Crippen LogP contribution in [-0.4, -0.2) is 35.2 Å². The minimum Gasteiger partial charge on any atom is -0.383 e. The number of sulfone groups is 1. The van der Waals surface area contributed by atoms with Crippen molar-refractivity contribution >= 4 is 15.5 Å². The van der Waals surface area contributed by atoms with Gasteiger partial charge in [-0.2, -0.15) is 5.10 Å². The SMILES string of the molecule is CC(C)(C)S(=O)(=O)CCn1ncc(NCC2CC2)cc1=O. The molecule has 118 valence electrons. The van der Waals surface area contributed by atoms with Gasteiger partial charge in [-0.15, -0.1) is 0 Å². The van der Waals surface area contributed by atoms with Crippen LogP contribution >= 0.6 is 0 Å². The zero-order valence-electron chi connectivity index (χ0n) is 12.8. The lowest BCUT2D eigenvalue weighted by Gasteiger charge is -2.19. The predicted octanol–water partition coefficient (Wildman–Crippen LogP) is 1.28. The van der Waals surface area contributed by atoms with Gasteiger partial charge in [-0.3, -0.25) is 4.79 Å². The van der Waals surface area contributed by atoms with Crippen LogP contribution in [0.4, 0.5) is 5.69 Å². The van der Waals surface area contributed by atoms with E-state index in [1.165, 1.54) is 23.6 Å². The second-order valence-electron chi connectivity index (χ2n) is 6.56. The lowest BCUT2D eigenvalue weighted by atomic mass is 10.3. The Kier molecular flexibility index (Phi) is 4.41. The molecule has 6 nitrogen and oxygen atoms in total. The molecule has 0 radical (unpaired) electrons. The highest BCUT2D eigenvalue weighted by molar-refractivity contribution is 7.92. The highest BCUT2D eigenvalue weighted by atomic mass is 32.2. The maximum atomic E-state index is 12.0. The van der Waals surface area contributed by atoms with Crippen LogP contribution in [0.5, 0.6) is 0 Å². The number of aromatic nitrogens is 2. The Morgan fingerprint density at radius 3 is 2.57 bits per heavy atom. The van der Waals surface area contributed by atoms with Gasteiger partial charge in [-0.25, -0.2) is 13.1 Å². The minimum atomic E-state index is -3.25. The van der Waals surface area contributed by atoms with Gasteiger partial charge in [0.05, 0.1) is 28.9 Å². The lowest BCUT2D eigenvalue weighted by molar-refractivity contribution is 0.543. The zero-order chi connectivity index (χ0) is 15.7. The third-order valence-corrected chi connectivity index (χ3v) is 6.25. The fraction of sp³-hybridized carbons (Fsp3) is 0.714. The van der Waals surface area contributed by atoms with Crippen molar-refractivity contribution in [3.63, 3.8) is 0 Å².